The van der Waals surface area contributed by atoms with E-state index in [1.165, 1.54) is 6.07 Å². The fourth-order valence-corrected chi connectivity index (χ4v) is 1.35. The SMILES string of the molecule is CCN(CCO)c1ncccc1C(=O)O. The molecule has 0 aliphatic heterocycles. The first-order valence-electron chi connectivity index (χ1n) is 4.74. The van der Waals surface area contributed by atoms with E-state index in [2.05, 4.69) is 4.98 Å². The summed E-state index contributed by atoms with van der Waals surface area (Å²) >= 11 is 0. The van der Waals surface area contributed by atoms with Gasteiger partial charge in [-0.2, -0.15) is 0 Å². The summed E-state index contributed by atoms with van der Waals surface area (Å²) in [4.78, 5) is 16.7. The number of aromatic nitrogens is 1. The van der Waals surface area contributed by atoms with Crippen LogP contribution in [0, 0.1) is 0 Å². The summed E-state index contributed by atoms with van der Waals surface area (Å²) in [6.45, 7) is 2.85. The Morgan fingerprint density at radius 2 is 2.33 bits per heavy atom. The molecule has 1 rings (SSSR count). The normalized spacial score (nSPS) is 10.0. The first-order valence-corrected chi connectivity index (χ1v) is 4.74. The van der Waals surface area contributed by atoms with E-state index in [1.807, 2.05) is 6.92 Å². The molecular formula is C10H14N2O3. The van der Waals surface area contributed by atoms with Crippen molar-refractivity contribution >= 4 is 11.8 Å². The summed E-state index contributed by atoms with van der Waals surface area (Å²) in [6, 6.07) is 3.09. The van der Waals surface area contributed by atoms with Gasteiger partial charge in [-0.3, -0.25) is 0 Å². The van der Waals surface area contributed by atoms with Crippen molar-refractivity contribution in [1.82, 2.24) is 4.98 Å². The molecule has 1 aromatic rings. The molecule has 0 aromatic carbocycles. The van der Waals surface area contributed by atoms with Crippen molar-refractivity contribution in [2.45, 2.75) is 6.92 Å². The van der Waals surface area contributed by atoms with Gasteiger partial charge in [0.15, 0.2) is 0 Å². The van der Waals surface area contributed by atoms with Crippen molar-refractivity contribution in [2.75, 3.05) is 24.6 Å². The first-order chi connectivity index (χ1) is 7.20. The van der Waals surface area contributed by atoms with Crippen LogP contribution in [-0.4, -0.2) is 40.9 Å². The molecule has 0 aliphatic carbocycles. The Bertz CT molecular complexity index is 341. The number of carboxylic acid groups (broad SMARTS) is 1. The van der Waals surface area contributed by atoms with Crippen LogP contribution in [0.5, 0.6) is 0 Å². The number of nitrogens with zero attached hydrogens (tertiary/aromatic N) is 2. The van der Waals surface area contributed by atoms with Gasteiger partial charge in [0.25, 0.3) is 0 Å². The predicted molar refractivity (Wildman–Crippen MR) is 56.2 cm³/mol. The van der Waals surface area contributed by atoms with Crippen LogP contribution < -0.4 is 4.90 Å². The van der Waals surface area contributed by atoms with Gasteiger partial charge in [-0.05, 0) is 19.1 Å². The number of hydrogen-bond acceptors (Lipinski definition) is 4. The lowest BCUT2D eigenvalue weighted by Crippen LogP contribution is -2.28. The van der Waals surface area contributed by atoms with Gasteiger partial charge < -0.3 is 15.1 Å². The molecule has 5 nitrogen and oxygen atoms in total. The van der Waals surface area contributed by atoms with Crippen molar-refractivity contribution in [1.29, 1.82) is 0 Å². The lowest BCUT2D eigenvalue weighted by molar-refractivity contribution is 0.0697. The maximum atomic E-state index is 10.9. The average Bonchev–Trinajstić information content (AvgIpc) is 2.26. The number of likely N-dealkylation sites (N-methyl/N-ethyl adjacent to an activating group) is 1. The molecule has 2 N–H and O–H groups in total. The molecule has 0 spiro atoms. The standard InChI is InChI=1S/C10H14N2O3/c1-2-12(6-7-13)9-8(10(14)15)4-3-5-11-9/h3-5,13H,2,6-7H2,1H3,(H,14,15). The Kier molecular flexibility index (Phi) is 4.05. The summed E-state index contributed by atoms with van der Waals surface area (Å²) in [5.74, 6) is -0.601. The number of aliphatic hydroxyl groups excluding tert-OH is 1. The van der Waals surface area contributed by atoms with E-state index in [9.17, 15) is 4.79 Å². The minimum absolute atomic E-state index is 0.0243. The maximum absolute atomic E-state index is 10.9. The fraction of sp³-hybridized carbons (Fsp3) is 0.400. The smallest absolute Gasteiger partial charge is 0.339 e. The van der Waals surface area contributed by atoms with E-state index in [0.717, 1.165) is 0 Å². The zero-order valence-corrected chi connectivity index (χ0v) is 8.55. The Labute approximate surface area is 88.0 Å². The highest BCUT2D eigenvalue weighted by Crippen LogP contribution is 2.16. The molecule has 0 atom stereocenters. The van der Waals surface area contributed by atoms with Gasteiger partial charge in [-0.1, -0.05) is 0 Å². The Balaban J connectivity index is 3.04. The van der Waals surface area contributed by atoms with E-state index < -0.39 is 5.97 Å². The molecular weight excluding hydrogens is 196 g/mol. The second-order valence-electron chi connectivity index (χ2n) is 2.98. The van der Waals surface area contributed by atoms with Crippen LogP contribution in [-0.2, 0) is 0 Å². The van der Waals surface area contributed by atoms with Gasteiger partial charge in [0.1, 0.15) is 11.4 Å². The highest BCUT2D eigenvalue weighted by atomic mass is 16.4. The third-order valence-corrected chi connectivity index (χ3v) is 2.07. The van der Waals surface area contributed by atoms with Crippen molar-refractivity contribution in [2.24, 2.45) is 0 Å². The number of pyridine rings is 1. The van der Waals surface area contributed by atoms with E-state index in [1.54, 1.807) is 17.2 Å². The monoisotopic (exact) mass is 210 g/mol. The highest BCUT2D eigenvalue weighted by Gasteiger charge is 2.15. The summed E-state index contributed by atoms with van der Waals surface area (Å²) in [6.07, 6.45) is 1.54. The van der Waals surface area contributed by atoms with E-state index >= 15 is 0 Å². The van der Waals surface area contributed by atoms with Crippen LogP contribution in [0.15, 0.2) is 18.3 Å². The van der Waals surface area contributed by atoms with Crippen LogP contribution in [0.1, 0.15) is 17.3 Å². The molecule has 0 saturated carbocycles. The van der Waals surface area contributed by atoms with E-state index in [-0.39, 0.29) is 12.2 Å². The Morgan fingerprint density at radius 3 is 2.87 bits per heavy atom. The van der Waals surface area contributed by atoms with Gasteiger partial charge >= 0.3 is 5.97 Å². The first kappa shape index (κ1) is 11.5. The Hall–Kier alpha value is -1.62. The largest absolute Gasteiger partial charge is 0.478 e. The van der Waals surface area contributed by atoms with Crippen molar-refractivity contribution in [3.63, 3.8) is 0 Å². The third kappa shape index (κ3) is 2.66. The molecule has 5 heteroatoms. The molecule has 1 heterocycles. The summed E-state index contributed by atoms with van der Waals surface area (Å²) < 4.78 is 0. The molecule has 0 radical (unpaired) electrons. The van der Waals surface area contributed by atoms with Crippen molar-refractivity contribution in [3.05, 3.63) is 23.9 Å². The van der Waals surface area contributed by atoms with Crippen LogP contribution in [0.2, 0.25) is 0 Å². The molecule has 82 valence electrons. The molecule has 15 heavy (non-hydrogen) atoms. The number of carbonyl (C=O) groups is 1. The van der Waals surface area contributed by atoms with E-state index in [0.29, 0.717) is 18.9 Å². The Morgan fingerprint density at radius 1 is 1.60 bits per heavy atom. The highest BCUT2D eigenvalue weighted by molar-refractivity contribution is 5.93. The van der Waals surface area contributed by atoms with Crippen molar-refractivity contribution in [3.8, 4) is 0 Å². The van der Waals surface area contributed by atoms with Gasteiger partial charge in [0.05, 0.1) is 6.61 Å². The predicted octanol–water partition coefficient (Wildman–Crippen LogP) is 0.598. The zero-order valence-electron chi connectivity index (χ0n) is 8.55. The molecule has 0 unspecified atom stereocenters. The second kappa shape index (κ2) is 5.31. The quantitative estimate of drug-likeness (QED) is 0.744. The van der Waals surface area contributed by atoms with Crippen LogP contribution in [0.4, 0.5) is 5.82 Å². The third-order valence-electron chi connectivity index (χ3n) is 2.07. The fourth-order valence-electron chi connectivity index (χ4n) is 1.35. The molecule has 0 aliphatic rings. The number of carboxylic acids is 1. The second-order valence-corrected chi connectivity index (χ2v) is 2.98. The number of aliphatic hydroxyl groups is 1. The molecule has 0 saturated heterocycles. The maximum Gasteiger partial charge on any atom is 0.339 e. The summed E-state index contributed by atoms with van der Waals surface area (Å²) in [5.41, 5.74) is 0.160. The molecule has 0 fully saturated rings. The number of anilines is 1. The lowest BCUT2D eigenvalue weighted by atomic mass is 10.2. The minimum Gasteiger partial charge on any atom is -0.478 e. The van der Waals surface area contributed by atoms with Crippen LogP contribution in [0.3, 0.4) is 0 Å². The van der Waals surface area contributed by atoms with Gasteiger partial charge in [0.2, 0.25) is 0 Å². The van der Waals surface area contributed by atoms with Gasteiger partial charge in [-0.15, -0.1) is 0 Å². The number of hydrogen-bond donors (Lipinski definition) is 2. The topological polar surface area (TPSA) is 73.7 Å². The van der Waals surface area contributed by atoms with Gasteiger partial charge in [-0.25, -0.2) is 9.78 Å². The van der Waals surface area contributed by atoms with Crippen molar-refractivity contribution < 1.29 is 15.0 Å². The zero-order chi connectivity index (χ0) is 11.3. The number of rotatable bonds is 5. The van der Waals surface area contributed by atoms with Crippen LogP contribution in [0.25, 0.3) is 0 Å². The van der Waals surface area contributed by atoms with E-state index in [4.69, 9.17) is 10.2 Å². The van der Waals surface area contributed by atoms with Crippen LogP contribution >= 0.6 is 0 Å². The molecule has 1 aromatic heterocycles. The molecule has 0 amide bonds. The lowest BCUT2D eigenvalue weighted by Gasteiger charge is -2.21. The van der Waals surface area contributed by atoms with Gasteiger partial charge in [0, 0.05) is 19.3 Å². The molecule has 0 bridgehead atoms. The average molecular weight is 210 g/mol. The summed E-state index contributed by atoms with van der Waals surface area (Å²) in [5, 5.41) is 17.8. The summed E-state index contributed by atoms with van der Waals surface area (Å²) in [7, 11) is 0. The number of aromatic carboxylic acids is 1. The minimum atomic E-state index is -1.01.